The fourth-order valence-corrected chi connectivity index (χ4v) is 5.42. The van der Waals surface area contributed by atoms with Gasteiger partial charge >= 0.3 is 0 Å². The summed E-state index contributed by atoms with van der Waals surface area (Å²) < 4.78 is 5.51. The van der Waals surface area contributed by atoms with Gasteiger partial charge in [0.1, 0.15) is 23.3 Å². The van der Waals surface area contributed by atoms with Crippen LogP contribution in [0.15, 0.2) is 54.4 Å². The monoisotopic (exact) mass is 492 g/mol. The van der Waals surface area contributed by atoms with Crippen molar-refractivity contribution in [1.82, 2.24) is 4.90 Å². The SMILES string of the molecule is COc1cc(C)c([NH+]2C=C3C=CC=C(c4c(C(C)C)cc(C(C)C)cc4C(C)C)N3C2)c(C)c1.[Cl-]. The smallest absolute Gasteiger partial charge is 0.166 e. The molecule has 1 unspecified atom stereocenters. The Hall–Kier alpha value is -2.49. The number of halogens is 1. The van der Waals surface area contributed by atoms with Crippen LogP contribution in [0.5, 0.6) is 5.75 Å². The fraction of sp³-hybridized carbons (Fsp3) is 0.419. The van der Waals surface area contributed by atoms with Crippen LogP contribution in [0.25, 0.3) is 5.70 Å². The molecule has 4 rings (SSSR count). The van der Waals surface area contributed by atoms with Crippen LogP contribution in [-0.2, 0) is 0 Å². The molecule has 0 bridgehead atoms. The maximum absolute atomic E-state index is 5.51. The van der Waals surface area contributed by atoms with Crippen molar-refractivity contribution in [1.29, 1.82) is 0 Å². The summed E-state index contributed by atoms with van der Waals surface area (Å²) in [5.41, 5.74) is 12.3. The number of nitrogens with zero attached hydrogens (tertiary/aromatic N) is 1. The molecule has 4 heteroatoms. The maximum Gasteiger partial charge on any atom is 0.166 e. The second kappa shape index (κ2) is 10.6. The minimum atomic E-state index is 0. The molecule has 188 valence electrons. The van der Waals surface area contributed by atoms with Crippen LogP contribution in [0.3, 0.4) is 0 Å². The predicted molar refractivity (Wildman–Crippen MR) is 144 cm³/mol. The van der Waals surface area contributed by atoms with Gasteiger partial charge in [-0.1, -0.05) is 59.8 Å². The van der Waals surface area contributed by atoms with Gasteiger partial charge in [-0.3, -0.25) is 9.80 Å². The van der Waals surface area contributed by atoms with Crippen molar-refractivity contribution in [2.75, 3.05) is 13.8 Å². The van der Waals surface area contributed by atoms with Crippen molar-refractivity contribution in [3.8, 4) is 5.75 Å². The molecule has 2 aliphatic rings. The molecule has 1 atom stereocenters. The van der Waals surface area contributed by atoms with E-state index in [0.29, 0.717) is 17.8 Å². The van der Waals surface area contributed by atoms with Crippen LogP contribution in [0.1, 0.15) is 92.7 Å². The van der Waals surface area contributed by atoms with E-state index in [9.17, 15) is 0 Å². The van der Waals surface area contributed by atoms with Gasteiger partial charge < -0.3 is 17.1 Å². The first-order chi connectivity index (χ1) is 16.1. The molecule has 0 radical (unpaired) electrons. The summed E-state index contributed by atoms with van der Waals surface area (Å²) in [6.45, 7) is 19.2. The number of methoxy groups -OCH3 is 1. The molecule has 0 saturated carbocycles. The zero-order valence-electron chi connectivity index (χ0n) is 22.8. The van der Waals surface area contributed by atoms with Gasteiger partial charge in [0.2, 0.25) is 0 Å². The summed E-state index contributed by atoms with van der Waals surface area (Å²) in [5.74, 6) is 2.37. The molecule has 0 aromatic heterocycles. The summed E-state index contributed by atoms with van der Waals surface area (Å²) in [7, 11) is 1.74. The van der Waals surface area contributed by atoms with Crippen molar-refractivity contribution in [2.45, 2.75) is 73.1 Å². The molecular formula is C31H41ClN2O. The molecule has 1 N–H and O–H groups in total. The van der Waals surface area contributed by atoms with Crippen molar-refractivity contribution in [3.63, 3.8) is 0 Å². The van der Waals surface area contributed by atoms with E-state index >= 15 is 0 Å². The molecule has 3 nitrogen and oxygen atoms in total. The summed E-state index contributed by atoms with van der Waals surface area (Å²) >= 11 is 0. The predicted octanol–water partition coefficient (Wildman–Crippen LogP) is 3.93. The van der Waals surface area contributed by atoms with Crippen LogP contribution in [0.2, 0.25) is 0 Å². The van der Waals surface area contributed by atoms with E-state index in [2.05, 4.69) is 109 Å². The van der Waals surface area contributed by atoms with Gasteiger partial charge in [0.15, 0.2) is 6.67 Å². The molecule has 35 heavy (non-hydrogen) atoms. The van der Waals surface area contributed by atoms with E-state index < -0.39 is 0 Å². The number of allylic oxidation sites excluding steroid dienone is 3. The molecule has 0 amide bonds. The van der Waals surface area contributed by atoms with Crippen LogP contribution in [-0.4, -0.2) is 18.7 Å². The molecule has 0 fully saturated rings. The van der Waals surface area contributed by atoms with Crippen molar-refractivity contribution >= 4 is 11.4 Å². The summed E-state index contributed by atoms with van der Waals surface area (Å²) in [6, 6.07) is 9.21. The Labute approximate surface area is 218 Å². The number of benzene rings is 2. The lowest BCUT2D eigenvalue weighted by molar-refractivity contribution is -0.777. The maximum atomic E-state index is 5.51. The number of hydrogen-bond acceptors (Lipinski definition) is 2. The highest BCUT2D eigenvalue weighted by molar-refractivity contribution is 5.76. The molecule has 0 saturated heterocycles. The largest absolute Gasteiger partial charge is 1.00 e. The van der Waals surface area contributed by atoms with Crippen LogP contribution in [0.4, 0.5) is 5.69 Å². The minimum Gasteiger partial charge on any atom is -1.00 e. The lowest BCUT2D eigenvalue weighted by Gasteiger charge is -2.31. The summed E-state index contributed by atoms with van der Waals surface area (Å²) in [4.78, 5) is 3.89. The number of nitrogens with one attached hydrogen (secondary N) is 1. The Morgan fingerprint density at radius 1 is 0.857 bits per heavy atom. The summed E-state index contributed by atoms with van der Waals surface area (Å²) in [5, 5.41) is 0. The highest BCUT2D eigenvalue weighted by Gasteiger charge is 2.34. The van der Waals surface area contributed by atoms with Gasteiger partial charge in [-0.05, 0) is 72.6 Å². The van der Waals surface area contributed by atoms with E-state index in [1.807, 2.05) is 0 Å². The van der Waals surface area contributed by atoms with Gasteiger partial charge in [0.05, 0.1) is 12.8 Å². The first-order valence-electron chi connectivity index (χ1n) is 12.7. The first-order valence-corrected chi connectivity index (χ1v) is 12.7. The van der Waals surface area contributed by atoms with Gasteiger partial charge in [-0.15, -0.1) is 0 Å². The third kappa shape index (κ3) is 5.08. The van der Waals surface area contributed by atoms with E-state index in [1.54, 1.807) is 7.11 Å². The van der Waals surface area contributed by atoms with Crippen molar-refractivity contribution in [3.05, 3.63) is 87.8 Å². The molecule has 0 aliphatic carbocycles. The third-order valence-corrected chi connectivity index (χ3v) is 7.23. The number of aryl methyl sites for hydroxylation is 2. The zero-order chi connectivity index (χ0) is 24.7. The standard InChI is InChI=1S/C31H40N2O.ClH/c1-19(2)24-15-27(20(3)4)30(28(16-24)21(5)6)29-12-10-11-25-17-32(18-33(25)29)31-22(7)13-26(34-9)14-23(31)8;/h10-17,19-21H,18H2,1-9H3;1H. The number of ether oxygens (including phenoxy) is 1. The Morgan fingerprint density at radius 2 is 1.43 bits per heavy atom. The first kappa shape index (κ1) is 27.1. The van der Waals surface area contributed by atoms with Crippen molar-refractivity contribution < 1.29 is 22.0 Å². The quantitative estimate of drug-likeness (QED) is 0.658. The molecular weight excluding hydrogens is 452 g/mol. The minimum absolute atomic E-state index is 0. The van der Waals surface area contributed by atoms with Gasteiger partial charge in [0.25, 0.3) is 0 Å². The number of fused-ring (bicyclic) bond motifs is 1. The topological polar surface area (TPSA) is 16.9 Å². The number of rotatable bonds is 6. The molecule has 2 aromatic rings. The fourth-order valence-electron chi connectivity index (χ4n) is 5.42. The van der Waals surface area contributed by atoms with Crippen molar-refractivity contribution in [2.24, 2.45) is 0 Å². The number of quaternary nitrogens is 1. The Morgan fingerprint density at radius 3 is 1.91 bits per heavy atom. The zero-order valence-corrected chi connectivity index (χ0v) is 23.5. The van der Waals surface area contributed by atoms with E-state index in [-0.39, 0.29) is 12.4 Å². The van der Waals surface area contributed by atoms with Crippen LogP contribution < -0.4 is 22.0 Å². The van der Waals surface area contributed by atoms with Crippen LogP contribution >= 0.6 is 0 Å². The second-order valence-corrected chi connectivity index (χ2v) is 10.8. The normalized spacial score (nSPS) is 17.0. The lowest BCUT2D eigenvalue weighted by Crippen LogP contribution is -3.02. The average Bonchev–Trinajstić information content (AvgIpc) is 3.21. The molecule has 0 spiro atoms. The summed E-state index contributed by atoms with van der Waals surface area (Å²) in [6.07, 6.45) is 9.16. The third-order valence-electron chi connectivity index (χ3n) is 7.23. The highest BCUT2D eigenvalue weighted by atomic mass is 35.5. The lowest BCUT2D eigenvalue weighted by atomic mass is 9.82. The van der Waals surface area contributed by atoms with Gasteiger partial charge in [-0.2, -0.15) is 0 Å². The molecule has 2 heterocycles. The number of hydrogen-bond donors (Lipinski definition) is 1. The Bertz CT molecular complexity index is 1130. The molecule has 2 aliphatic heterocycles. The van der Waals surface area contributed by atoms with Gasteiger partial charge in [-0.25, -0.2) is 0 Å². The van der Waals surface area contributed by atoms with E-state index in [4.69, 9.17) is 4.74 Å². The highest BCUT2D eigenvalue weighted by Crippen LogP contribution is 2.40. The van der Waals surface area contributed by atoms with Crippen LogP contribution in [0, 0.1) is 13.8 Å². The van der Waals surface area contributed by atoms with Gasteiger partial charge in [0, 0.05) is 16.7 Å². The Balaban J connectivity index is 0.00000342. The average molecular weight is 493 g/mol. The second-order valence-electron chi connectivity index (χ2n) is 10.8. The Kier molecular flexibility index (Phi) is 8.24. The van der Waals surface area contributed by atoms with E-state index in [1.165, 1.54) is 55.4 Å². The van der Waals surface area contributed by atoms with E-state index in [0.717, 1.165) is 12.4 Å². The molecule has 2 aromatic carbocycles.